The number of nitrogens with zero attached hydrogens (tertiary/aromatic N) is 1. The quantitative estimate of drug-likeness (QED) is 0.290. The topological polar surface area (TPSA) is 110 Å². The van der Waals surface area contributed by atoms with Crippen LogP contribution in [0.2, 0.25) is 10.0 Å². The molecule has 178 valence electrons. The Morgan fingerprint density at radius 3 is 2.17 bits per heavy atom. The number of barbiturate groups is 1. The Hall–Kier alpha value is -3.66. The number of aryl methyl sites for hydroxylation is 1. The number of carbonyl (C=O) groups is 3. The zero-order chi connectivity index (χ0) is 25.3. The minimum absolute atomic E-state index is 0.0390. The molecule has 0 aliphatic carbocycles. The lowest BCUT2D eigenvalue weighted by molar-refractivity contribution is -0.122. The minimum atomic E-state index is -4.23. The third-order valence-corrected chi connectivity index (χ3v) is 6.70. The van der Waals surface area contributed by atoms with Crippen LogP contribution in [0.4, 0.5) is 10.5 Å². The summed E-state index contributed by atoms with van der Waals surface area (Å²) < 4.78 is 30.9. The summed E-state index contributed by atoms with van der Waals surface area (Å²) >= 11 is 12.0. The van der Waals surface area contributed by atoms with Crippen LogP contribution in [0.1, 0.15) is 11.1 Å². The molecule has 8 nitrogen and oxygen atoms in total. The third-order valence-electron chi connectivity index (χ3n) is 4.97. The van der Waals surface area contributed by atoms with Gasteiger partial charge < -0.3 is 4.18 Å². The molecule has 3 aromatic rings. The predicted molar refractivity (Wildman–Crippen MR) is 131 cm³/mol. The third kappa shape index (κ3) is 5.22. The smallest absolute Gasteiger partial charge is 0.339 e. The number of nitrogens with one attached hydrogen (secondary N) is 1. The first-order chi connectivity index (χ1) is 16.5. The highest BCUT2D eigenvalue weighted by molar-refractivity contribution is 7.87. The van der Waals surface area contributed by atoms with E-state index in [0.717, 1.165) is 16.5 Å². The first-order valence-corrected chi connectivity index (χ1v) is 12.2. The van der Waals surface area contributed by atoms with Gasteiger partial charge in [0.05, 0.1) is 5.69 Å². The molecule has 1 fully saturated rings. The summed E-state index contributed by atoms with van der Waals surface area (Å²) in [6.45, 7) is 1.81. The minimum Gasteiger partial charge on any atom is -0.378 e. The molecule has 4 rings (SSSR count). The van der Waals surface area contributed by atoms with Crippen molar-refractivity contribution in [3.63, 3.8) is 0 Å². The van der Waals surface area contributed by atoms with E-state index in [0.29, 0.717) is 5.02 Å². The van der Waals surface area contributed by atoms with E-state index < -0.39 is 33.5 Å². The standard InChI is InChI=1S/C24H16Cl2N2O6S/c1-14-2-9-19(10-3-14)35(32,33)34-21-11-6-17(26)12-15(21)13-20-22(29)27-24(31)28(23(20)30)18-7-4-16(25)5-8-18/h2-13H,1H3,(H,27,29,31)/b20-13+. The average molecular weight is 531 g/mol. The maximum absolute atomic E-state index is 13.1. The number of hydrogen-bond donors (Lipinski definition) is 1. The Bertz CT molecular complexity index is 1480. The molecule has 1 saturated heterocycles. The second-order valence-corrected chi connectivity index (χ2v) is 9.89. The fourth-order valence-corrected chi connectivity index (χ4v) is 4.48. The van der Waals surface area contributed by atoms with Crippen LogP contribution in [-0.4, -0.2) is 26.3 Å². The number of urea groups is 1. The van der Waals surface area contributed by atoms with Gasteiger partial charge in [0.2, 0.25) is 0 Å². The Kier molecular flexibility index (Phi) is 6.66. The molecular formula is C24H16Cl2N2O6S. The van der Waals surface area contributed by atoms with Gasteiger partial charge in [0.1, 0.15) is 16.2 Å². The zero-order valence-corrected chi connectivity index (χ0v) is 20.3. The van der Waals surface area contributed by atoms with Crippen molar-refractivity contribution >= 4 is 62.9 Å². The number of amides is 4. The molecule has 1 aliphatic heterocycles. The number of rotatable bonds is 5. The van der Waals surface area contributed by atoms with Crippen LogP contribution in [-0.2, 0) is 19.7 Å². The summed E-state index contributed by atoms with van der Waals surface area (Å²) in [7, 11) is -4.23. The molecule has 0 saturated carbocycles. The lowest BCUT2D eigenvalue weighted by Gasteiger charge is -2.26. The van der Waals surface area contributed by atoms with Gasteiger partial charge >= 0.3 is 16.1 Å². The molecule has 0 aromatic heterocycles. The summed E-state index contributed by atoms with van der Waals surface area (Å²) in [4.78, 5) is 38.7. The van der Waals surface area contributed by atoms with Gasteiger partial charge in [-0.25, -0.2) is 9.69 Å². The van der Waals surface area contributed by atoms with Crippen LogP contribution < -0.4 is 14.4 Å². The van der Waals surface area contributed by atoms with E-state index in [1.807, 2.05) is 6.92 Å². The van der Waals surface area contributed by atoms with E-state index in [9.17, 15) is 22.8 Å². The molecule has 1 aliphatic rings. The van der Waals surface area contributed by atoms with E-state index in [-0.39, 0.29) is 26.9 Å². The van der Waals surface area contributed by atoms with Crippen LogP contribution in [0, 0.1) is 6.92 Å². The Morgan fingerprint density at radius 2 is 1.51 bits per heavy atom. The average Bonchev–Trinajstić information content (AvgIpc) is 2.79. The largest absolute Gasteiger partial charge is 0.378 e. The van der Waals surface area contributed by atoms with Crippen molar-refractivity contribution in [3.8, 4) is 5.75 Å². The number of benzene rings is 3. The highest BCUT2D eigenvalue weighted by atomic mass is 35.5. The molecule has 35 heavy (non-hydrogen) atoms. The molecule has 4 amide bonds. The van der Waals surface area contributed by atoms with Crippen LogP contribution in [0.15, 0.2) is 77.2 Å². The number of imide groups is 2. The van der Waals surface area contributed by atoms with Gasteiger partial charge in [0, 0.05) is 15.6 Å². The summed E-state index contributed by atoms with van der Waals surface area (Å²) in [5.41, 5.74) is 0.652. The molecule has 0 radical (unpaired) electrons. The van der Waals surface area contributed by atoms with Crippen molar-refractivity contribution in [1.29, 1.82) is 0 Å². The van der Waals surface area contributed by atoms with Gasteiger partial charge in [0.15, 0.2) is 0 Å². The number of carbonyl (C=O) groups excluding carboxylic acids is 3. The maximum Gasteiger partial charge on any atom is 0.339 e. The first kappa shape index (κ1) is 24.5. The highest BCUT2D eigenvalue weighted by Gasteiger charge is 2.37. The fraction of sp³-hybridized carbons (Fsp3) is 0.0417. The lowest BCUT2D eigenvalue weighted by atomic mass is 10.1. The Morgan fingerprint density at radius 1 is 0.886 bits per heavy atom. The Labute approximate surface area is 210 Å². The Balaban J connectivity index is 1.74. The van der Waals surface area contributed by atoms with Crippen molar-refractivity contribution < 1.29 is 27.0 Å². The van der Waals surface area contributed by atoms with E-state index >= 15 is 0 Å². The first-order valence-electron chi connectivity index (χ1n) is 10.0. The second kappa shape index (κ2) is 9.53. The maximum atomic E-state index is 13.1. The van der Waals surface area contributed by atoms with Gasteiger partial charge in [-0.2, -0.15) is 8.42 Å². The summed E-state index contributed by atoms with van der Waals surface area (Å²) in [6, 6.07) is 15.0. The molecule has 1 N–H and O–H groups in total. The molecule has 3 aromatic carbocycles. The van der Waals surface area contributed by atoms with Gasteiger partial charge in [0.25, 0.3) is 11.8 Å². The van der Waals surface area contributed by atoms with Crippen LogP contribution in [0.3, 0.4) is 0 Å². The molecule has 0 spiro atoms. The van der Waals surface area contributed by atoms with Gasteiger partial charge in [-0.05, 0) is 67.6 Å². The fourth-order valence-electron chi connectivity index (χ4n) is 3.22. The molecule has 0 unspecified atom stereocenters. The van der Waals surface area contributed by atoms with E-state index in [1.165, 1.54) is 54.6 Å². The molecule has 1 heterocycles. The van der Waals surface area contributed by atoms with Crippen LogP contribution in [0.5, 0.6) is 5.75 Å². The van der Waals surface area contributed by atoms with Gasteiger partial charge in [-0.1, -0.05) is 40.9 Å². The number of anilines is 1. The zero-order valence-electron chi connectivity index (χ0n) is 18.0. The molecular weight excluding hydrogens is 515 g/mol. The van der Waals surface area contributed by atoms with Crippen molar-refractivity contribution in [2.75, 3.05) is 4.90 Å². The molecule has 11 heteroatoms. The number of halogens is 2. The molecule has 0 bridgehead atoms. The second-order valence-electron chi connectivity index (χ2n) is 7.47. The predicted octanol–water partition coefficient (Wildman–Crippen LogP) is 4.74. The van der Waals surface area contributed by atoms with Crippen molar-refractivity contribution in [1.82, 2.24) is 5.32 Å². The van der Waals surface area contributed by atoms with E-state index in [2.05, 4.69) is 5.32 Å². The lowest BCUT2D eigenvalue weighted by Crippen LogP contribution is -2.54. The van der Waals surface area contributed by atoms with Crippen LogP contribution >= 0.6 is 23.2 Å². The summed E-state index contributed by atoms with van der Waals surface area (Å²) in [6.07, 6.45) is 1.11. The highest BCUT2D eigenvalue weighted by Crippen LogP contribution is 2.30. The monoisotopic (exact) mass is 530 g/mol. The van der Waals surface area contributed by atoms with Gasteiger partial charge in [-0.3, -0.25) is 14.9 Å². The van der Waals surface area contributed by atoms with Gasteiger partial charge in [-0.15, -0.1) is 0 Å². The van der Waals surface area contributed by atoms with E-state index in [1.54, 1.807) is 12.1 Å². The SMILES string of the molecule is Cc1ccc(S(=O)(=O)Oc2ccc(Cl)cc2/C=C2\C(=O)NC(=O)N(c3ccc(Cl)cc3)C2=O)cc1. The van der Waals surface area contributed by atoms with Crippen molar-refractivity contribution in [2.24, 2.45) is 0 Å². The van der Waals surface area contributed by atoms with Crippen molar-refractivity contribution in [2.45, 2.75) is 11.8 Å². The molecule has 0 atom stereocenters. The number of hydrogen-bond acceptors (Lipinski definition) is 6. The van der Waals surface area contributed by atoms with Crippen molar-refractivity contribution in [3.05, 3.63) is 93.5 Å². The van der Waals surface area contributed by atoms with E-state index in [4.69, 9.17) is 27.4 Å². The summed E-state index contributed by atoms with van der Waals surface area (Å²) in [5, 5.41) is 2.68. The van der Waals surface area contributed by atoms with Crippen LogP contribution in [0.25, 0.3) is 6.08 Å². The normalized spacial score (nSPS) is 15.3. The summed E-state index contributed by atoms with van der Waals surface area (Å²) in [5.74, 6) is -2.05.